The lowest BCUT2D eigenvalue weighted by molar-refractivity contribution is 0.0940. The number of hydrogen-bond acceptors (Lipinski definition) is 4. The standard InChI is InChI=1S/C19H18FN3O3/c20-16-6-2-1-5-15(16)17-7-8-18(26-17)19(24)22-13-10-21-23(11-13)12-14-4-3-9-25-14/h1-2,5-8,10-11,14H,3-4,9,12H2,(H,22,24)/t14-/m0/s1. The Kier molecular flexibility index (Phi) is 4.53. The first-order valence-corrected chi connectivity index (χ1v) is 8.49. The van der Waals surface area contributed by atoms with Gasteiger partial charge in [-0.2, -0.15) is 5.10 Å². The van der Waals surface area contributed by atoms with Crippen molar-refractivity contribution in [2.24, 2.45) is 0 Å². The molecule has 7 heteroatoms. The summed E-state index contributed by atoms with van der Waals surface area (Å²) in [7, 11) is 0. The molecule has 0 radical (unpaired) electrons. The minimum absolute atomic E-state index is 0.107. The second-order valence-electron chi connectivity index (χ2n) is 6.18. The topological polar surface area (TPSA) is 69.3 Å². The Morgan fingerprint density at radius 2 is 2.19 bits per heavy atom. The van der Waals surface area contributed by atoms with Crippen molar-refractivity contribution >= 4 is 11.6 Å². The van der Waals surface area contributed by atoms with Crippen LogP contribution in [0.1, 0.15) is 23.4 Å². The molecule has 1 aromatic carbocycles. The first kappa shape index (κ1) is 16.5. The number of ether oxygens (including phenoxy) is 1. The highest BCUT2D eigenvalue weighted by molar-refractivity contribution is 6.02. The summed E-state index contributed by atoms with van der Waals surface area (Å²) in [5.41, 5.74) is 0.882. The van der Waals surface area contributed by atoms with Crippen LogP contribution in [0.5, 0.6) is 0 Å². The van der Waals surface area contributed by atoms with Gasteiger partial charge >= 0.3 is 0 Å². The molecular formula is C19H18FN3O3. The number of carbonyl (C=O) groups is 1. The minimum Gasteiger partial charge on any atom is -0.451 e. The Morgan fingerprint density at radius 1 is 1.31 bits per heavy atom. The lowest BCUT2D eigenvalue weighted by atomic mass is 10.1. The summed E-state index contributed by atoms with van der Waals surface area (Å²) in [5, 5.41) is 6.96. The number of nitrogens with zero attached hydrogens (tertiary/aromatic N) is 2. The maximum Gasteiger partial charge on any atom is 0.291 e. The van der Waals surface area contributed by atoms with E-state index >= 15 is 0 Å². The molecule has 1 fully saturated rings. The average molecular weight is 355 g/mol. The van der Waals surface area contributed by atoms with E-state index in [-0.39, 0.29) is 11.9 Å². The minimum atomic E-state index is -0.413. The van der Waals surface area contributed by atoms with E-state index in [1.54, 1.807) is 41.3 Å². The van der Waals surface area contributed by atoms with Crippen molar-refractivity contribution in [3.63, 3.8) is 0 Å². The molecule has 134 valence electrons. The quantitative estimate of drug-likeness (QED) is 0.757. The summed E-state index contributed by atoms with van der Waals surface area (Å²) in [5.74, 6) is -0.397. The zero-order valence-corrected chi connectivity index (χ0v) is 14.0. The number of benzene rings is 1. The van der Waals surface area contributed by atoms with Crippen LogP contribution in [-0.4, -0.2) is 28.4 Å². The third-order valence-electron chi connectivity index (χ3n) is 4.27. The predicted molar refractivity (Wildman–Crippen MR) is 93.3 cm³/mol. The van der Waals surface area contributed by atoms with Crippen LogP contribution in [0.3, 0.4) is 0 Å². The van der Waals surface area contributed by atoms with Crippen molar-refractivity contribution in [1.82, 2.24) is 9.78 Å². The molecule has 4 rings (SSSR count). The first-order valence-electron chi connectivity index (χ1n) is 8.49. The first-order chi connectivity index (χ1) is 12.7. The predicted octanol–water partition coefficient (Wildman–Crippen LogP) is 3.71. The smallest absolute Gasteiger partial charge is 0.291 e. The number of hydrogen-bond donors (Lipinski definition) is 1. The number of anilines is 1. The molecule has 3 heterocycles. The molecule has 1 aliphatic heterocycles. The van der Waals surface area contributed by atoms with E-state index < -0.39 is 11.7 Å². The van der Waals surface area contributed by atoms with Crippen LogP contribution in [0.15, 0.2) is 53.2 Å². The average Bonchev–Trinajstić information content (AvgIpc) is 3.38. The van der Waals surface area contributed by atoms with Gasteiger partial charge in [-0.1, -0.05) is 12.1 Å². The lowest BCUT2D eigenvalue weighted by Crippen LogP contribution is -2.15. The van der Waals surface area contributed by atoms with Crippen molar-refractivity contribution in [1.29, 1.82) is 0 Å². The fourth-order valence-corrected chi connectivity index (χ4v) is 2.98. The maximum atomic E-state index is 13.8. The Bertz CT molecular complexity index is 912. The third-order valence-corrected chi connectivity index (χ3v) is 4.27. The number of aromatic nitrogens is 2. The Balaban J connectivity index is 1.42. The largest absolute Gasteiger partial charge is 0.451 e. The second-order valence-corrected chi connectivity index (χ2v) is 6.18. The van der Waals surface area contributed by atoms with Crippen LogP contribution in [0.25, 0.3) is 11.3 Å². The Hall–Kier alpha value is -2.93. The molecule has 1 saturated heterocycles. The Labute approximate surface area is 149 Å². The molecule has 26 heavy (non-hydrogen) atoms. The van der Waals surface area contributed by atoms with Crippen LogP contribution in [0, 0.1) is 5.82 Å². The third kappa shape index (κ3) is 3.52. The van der Waals surface area contributed by atoms with Gasteiger partial charge in [-0.05, 0) is 37.1 Å². The highest BCUT2D eigenvalue weighted by atomic mass is 19.1. The van der Waals surface area contributed by atoms with E-state index in [4.69, 9.17) is 9.15 Å². The van der Waals surface area contributed by atoms with Crippen molar-refractivity contribution in [2.75, 3.05) is 11.9 Å². The fraction of sp³-hybridized carbons (Fsp3) is 0.263. The van der Waals surface area contributed by atoms with Gasteiger partial charge in [0.15, 0.2) is 5.76 Å². The van der Waals surface area contributed by atoms with Crippen LogP contribution < -0.4 is 5.32 Å². The number of carbonyl (C=O) groups excluding carboxylic acids is 1. The molecule has 0 unspecified atom stereocenters. The molecule has 1 aliphatic rings. The van der Waals surface area contributed by atoms with E-state index in [1.165, 1.54) is 12.1 Å². The summed E-state index contributed by atoms with van der Waals surface area (Å²) in [6.45, 7) is 1.45. The monoisotopic (exact) mass is 355 g/mol. The molecule has 0 aliphatic carbocycles. The number of halogens is 1. The maximum absolute atomic E-state index is 13.8. The number of nitrogens with one attached hydrogen (secondary N) is 1. The van der Waals surface area contributed by atoms with Crippen molar-refractivity contribution in [2.45, 2.75) is 25.5 Å². The molecule has 2 aromatic heterocycles. The van der Waals surface area contributed by atoms with Gasteiger partial charge in [0.25, 0.3) is 5.91 Å². The van der Waals surface area contributed by atoms with Crippen LogP contribution in [0.4, 0.5) is 10.1 Å². The van der Waals surface area contributed by atoms with Gasteiger partial charge < -0.3 is 14.5 Å². The molecular weight excluding hydrogens is 337 g/mol. The van der Waals surface area contributed by atoms with Gasteiger partial charge in [0, 0.05) is 12.8 Å². The molecule has 1 N–H and O–H groups in total. The lowest BCUT2D eigenvalue weighted by Gasteiger charge is -2.08. The molecule has 0 saturated carbocycles. The van der Waals surface area contributed by atoms with Gasteiger partial charge in [0.05, 0.1) is 30.1 Å². The van der Waals surface area contributed by atoms with E-state index in [0.29, 0.717) is 23.6 Å². The number of furan rings is 1. The zero-order chi connectivity index (χ0) is 17.9. The Morgan fingerprint density at radius 3 is 3.00 bits per heavy atom. The molecule has 1 atom stereocenters. The number of rotatable bonds is 5. The molecule has 3 aromatic rings. The van der Waals surface area contributed by atoms with Crippen LogP contribution in [0.2, 0.25) is 0 Å². The highest BCUT2D eigenvalue weighted by Crippen LogP contribution is 2.25. The van der Waals surface area contributed by atoms with Gasteiger partial charge in [-0.25, -0.2) is 4.39 Å². The molecule has 0 spiro atoms. The highest BCUT2D eigenvalue weighted by Gasteiger charge is 2.18. The number of amides is 1. The molecule has 6 nitrogen and oxygen atoms in total. The van der Waals surface area contributed by atoms with E-state index in [0.717, 1.165) is 19.4 Å². The van der Waals surface area contributed by atoms with Crippen molar-refractivity contribution in [3.8, 4) is 11.3 Å². The van der Waals surface area contributed by atoms with Gasteiger partial charge in [0.1, 0.15) is 11.6 Å². The molecule has 0 bridgehead atoms. The van der Waals surface area contributed by atoms with Gasteiger partial charge in [-0.15, -0.1) is 0 Å². The summed E-state index contributed by atoms with van der Waals surface area (Å²) in [4.78, 5) is 12.3. The van der Waals surface area contributed by atoms with E-state index in [2.05, 4.69) is 10.4 Å². The second kappa shape index (κ2) is 7.13. The molecule has 1 amide bonds. The van der Waals surface area contributed by atoms with Crippen LogP contribution >= 0.6 is 0 Å². The summed E-state index contributed by atoms with van der Waals surface area (Å²) in [6, 6.07) is 9.36. The van der Waals surface area contributed by atoms with E-state index in [1.807, 2.05) is 0 Å². The summed E-state index contributed by atoms with van der Waals surface area (Å²) in [6.07, 6.45) is 5.59. The van der Waals surface area contributed by atoms with Crippen LogP contribution in [-0.2, 0) is 11.3 Å². The normalized spacial score (nSPS) is 16.7. The fourth-order valence-electron chi connectivity index (χ4n) is 2.98. The van der Waals surface area contributed by atoms with Crippen molar-refractivity contribution in [3.05, 3.63) is 60.4 Å². The van der Waals surface area contributed by atoms with Gasteiger partial charge in [0.2, 0.25) is 0 Å². The van der Waals surface area contributed by atoms with Gasteiger partial charge in [-0.3, -0.25) is 9.48 Å². The van der Waals surface area contributed by atoms with E-state index in [9.17, 15) is 9.18 Å². The SMILES string of the molecule is O=C(Nc1cnn(C[C@@H]2CCCO2)c1)c1ccc(-c2ccccc2F)o1. The summed E-state index contributed by atoms with van der Waals surface area (Å²) < 4.78 is 26.6. The summed E-state index contributed by atoms with van der Waals surface area (Å²) >= 11 is 0. The zero-order valence-electron chi connectivity index (χ0n) is 14.0. The van der Waals surface area contributed by atoms with Crippen molar-refractivity contribution < 1.29 is 18.3 Å².